The van der Waals surface area contributed by atoms with Crippen LogP contribution in [0.2, 0.25) is 19.6 Å². The second kappa shape index (κ2) is 6.89. The molecular formula is C14H22F3NO2Si. The van der Waals surface area contributed by atoms with Crippen LogP contribution in [0.25, 0.3) is 0 Å². The predicted octanol–water partition coefficient (Wildman–Crippen LogP) is 4.16. The van der Waals surface area contributed by atoms with Crippen molar-refractivity contribution in [3.8, 4) is 0 Å². The Morgan fingerprint density at radius 1 is 1.14 bits per heavy atom. The van der Waals surface area contributed by atoms with Gasteiger partial charge in [0.2, 0.25) is 0 Å². The number of rotatable bonds is 7. The average Bonchev–Trinajstić information content (AvgIpc) is 2.34. The molecule has 1 unspecified atom stereocenters. The van der Waals surface area contributed by atoms with Gasteiger partial charge in [0.1, 0.15) is 0 Å². The molecule has 7 heteroatoms. The third kappa shape index (κ3) is 5.41. The van der Waals surface area contributed by atoms with E-state index in [1.807, 2.05) is 0 Å². The molecule has 1 aromatic rings. The highest BCUT2D eigenvalue weighted by Crippen LogP contribution is 2.40. The predicted molar refractivity (Wildman–Crippen MR) is 77.4 cm³/mol. The Hall–Kier alpha value is -0.923. The molecule has 0 aliphatic rings. The lowest BCUT2D eigenvalue weighted by molar-refractivity contribution is -0.357. The van der Waals surface area contributed by atoms with Gasteiger partial charge in [0.15, 0.2) is 8.32 Å². The molecule has 21 heavy (non-hydrogen) atoms. The lowest BCUT2D eigenvalue weighted by Gasteiger charge is -2.39. The summed E-state index contributed by atoms with van der Waals surface area (Å²) in [7, 11) is -2.44. The lowest BCUT2D eigenvalue weighted by Crippen LogP contribution is -2.55. The second-order valence-electron chi connectivity index (χ2n) is 5.75. The summed E-state index contributed by atoms with van der Waals surface area (Å²) in [6.07, 6.45) is -1.50. The normalized spacial score (nSPS) is 15.8. The quantitative estimate of drug-likeness (QED) is 0.558. The third-order valence-corrected chi connectivity index (χ3v) is 3.71. The second-order valence-corrected chi connectivity index (χ2v) is 10.2. The summed E-state index contributed by atoms with van der Waals surface area (Å²) in [5.74, 6) is -2.53. The van der Waals surface area contributed by atoms with Gasteiger partial charge in [-0.05, 0) is 50.7 Å². The monoisotopic (exact) mass is 321 g/mol. The van der Waals surface area contributed by atoms with E-state index in [0.29, 0.717) is 0 Å². The van der Waals surface area contributed by atoms with E-state index in [-0.39, 0.29) is 19.4 Å². The number of hydrogen-bond acceptors (Lipinski definition) is 3. The highest BCUT2D eigenvalue weighted by molar-refractivity contribution is 6.69. The van der Waals surface area contributed by atoms with Gasteiger partial charge in [0, 0.05) is 25.4 Å². The number of aryl methyl sites for hydroxylation is 1. The first kappa shape index (κ1) is 18.1. The molecule has 0 fully saturated rings. The van der Waals surface area contributed by atoms with Gasteiger partial charge in [-0.2, -0.15) is 13.2 Å². The minimum atomic E-state index is -4.57. The molecule has 0 aromatic carbocycles. The summed E-state index contributed by atoms with van der Waals surface area (Å²) >= 11 is 0. The first-order valence-corrected chi connectivity index (χ1v) is 10.3. The molecule has 0 saturated carbocycles. The van der Waals surface area contributed by atoms with Crippen molar-refractivity contribution in [2.75, 3.05) is 6.61 Å². The Kier molecular flexibility index (Phi) is 5.95. The Labute approximate surface area is 124 Å². The molecule has 0 bridgehead atoms. The van der Waals surface area contributed by atoms with Crippen LogP contribution in [0.3, 0.4) is 0 Å². The average molecular weight is 321 g/mol. The van der Waals surface area contributed by atoms with Gasteiger partial charge in [-0.25, -0.2) is 0 Å². The van der Waals surface area contributed by atoms with E-state index >= 15 is 0 Å². The van der Waals surface area contributed by atoms with Crippen LogP contribution in [0.15, 0.2) is 24.5 Å². The molecule has 1 atom stereocenters. The van der Waals surface area contributed by atoms with Gasteiger partial charge in [-0.3, -0.25) is 4.98 Å². The SMILES string of the molecule is CCOC(CCc1ccncc1)(O[Si](C)(C)C)C(F)(F)F. The Morgan fingerprint density at radius 2 is 1.71 bits per heavy atom. The van der Waals surface area contributed by atoms with Crippen LogP contribution in [0.4, 0.5) is 13.2 Å². The molecule has 0 spiro atoms. The van der Waals surface area contributed by atoms with Crippen LogP contribution in [0, 0.1) is 0 Å². The first-order valence-electron chi connectivity index (χ1n) is 6.89. The Bertz CT molecular complexity index is 434. The summed E-state index contributed by atoms with van der Waals surface area (Å²) in [6, 6.07) is 3.39. The third-order valence-electron chi connectivity index (χ3n) is 2.77. The van der Waals surface area contributed by atoms with Crippen LogP contribution in [0.1, 0.15) is 18.9 Å². The molecule has 0 radical (unpaired) electrons. The van der Waals surface area contributed by atoms with Gasteiger partial charge < -0.3 is 9.16 Å². The van der Waals surface area contributed by atoms with Crippen LogP contribution in [0.5, 0.6) is 0 Å². The van der Waals surface area contributed by atoms with E-state index in [9.17, 15) is 13.2 Å². The van der Waals surface area contributed by atoms with Crippen LogP contribution in [-0.2, 0) is 15.6 Å². The first-order chi connectivity index (χ1) is 9.60. The Balaban J connectivity index is 2.99. The van der Waals surface area contributed by atoms with Gasteiger partial charge in [-0.1, -0.05) is 0 Å². The number of halogens is 3. The molecule has 1 aromatic heterocycles. The van der Waals surface area contributed by atoms with Crippen molar-refractivity contribution < 1.29 is 22.3 Å². The van der Waals surface area contributed by atoms with Crippen molar-refractivity contribution in [2.24, 2.45) is 0 Å². The van der Waals surface area contributed by atoms with E-state index in [0.717, 1.165) is 5.56 Å². The summed E-state index contributed by atoms with van der Waals surface area (Å²) in [5.41, 5.74) is 0.775. The highest BCUT2D eigenvalue weighted by atomic mass is 28.4. The van der Waals surface area contributed by atoms with Crippen molar-refractivity contribution in [3.63, 3.8) is 0 Å². The molecule has 120 valence electrons. The fourth-order valence-corrected chi connectivity index (χ4v) is 3.29. The van der Waals surface area contributed by atoms with Gasteiger partial charge in [0.05, 0.1) is 0 Å². The van der Waals surface area contributed by atoms with E-state index in [2.05, 4.69) is 4.98 Å². The summed E-state index contributed by atoms with van der Waals surface area (Å²) < 4.78 is 51.2. The number of aromatic nitrogens is 1. The number of pyridine rings is 1. The molecular weight excluding hydrogens is 299 g/mol. The Morgan fingerprint density at radius 3 is 2.14 bits per heavy atom. The number of hydrogen-bond donors (Lipinski definition) is 0. The molecule has 0 amide bonds. The van der Waals surface area contributed by atoms with Gasteiger partial charge in [-0.15, -0.1) is 0 Å². The van der Waals surface area contributed by atoms with Gasteiger partial charge in [0.25, 0.3) is 5.79 Å². The highest BCUT2D eigenvalue weighted by Gasteiger charge is 2.58. The number of alkyl halides is 3. The minimum Gasteiger partial charge on any atom is -0.384 e. The topological polar surface area (TPSA) is 31.4 Å². The zero-order chi connectivity index (χ0) is 16.1. The maximum atomic E-state index is 13.6. The van der Waals surface area contributed by atoms with E-state index in [1.54, 1.807) is 51.1 Å². The minimum absolute atomic E-state index is 0.0552. The maximum absolute atomic E-state index is 13.6. The summed E-state index contributed by atoms with van der Waals surface area (Å²) in [4.78, 5) is 3.86. The molecule has 1 rings (SSSR count). The molecule has 0 saturated heterocycles. The zero-order valence-corrected chi connectivity index (χ0v) is 13.8. The number of ether oxygens (including phenoxy) is 1. The number of nitrogens with zero attached hydrogens (tertiary/aromatic N) is 1. The maximum Gasteiger partial charge on any atom is 0.442 e. The van der Waals surface area contributed by atoms with Crippen LogP contribution < -0.4 is 0 Å². The molecule has 0 aliphatic carbocycles. The molecule has 0 aliphatic heterocycles. The van der Waals surface area contributed by atoms with Crippen LogP contribution in [-0.4, -0.2) is 31.9 Å². The molecule has 0 N–H and O–H groups in total. The van der Waals surface area contributed by atoms with Crippen molar-refractivity contribution in [1.82, 2.24) is 4.98 Å². The molecule has 3 nitrogen and oxygen atoms in total. The fourth-order valence-electron chi connectivity index (χ4n) is 2.02. The van der Waals surface area contributed by atoms with E-state index in [1.165, 1.54) is 0 Å². The van der Waals surface area contributed by atoms with Crippen LogP contribution >= 0.6 is 0 Å². The summed E-state index contributed by atoms with van der Waals surface area (Å²) in [5, 5.41) is 0. The van der Waals surface area contributed by atoms with Crippen molar-refractivity contribution in [2.45, 2.75) is 51.4 Å². The van der Waals surface area contributed by atoms with E-state index in [4.69, 9.17) is 9.16 Å². The standard InChI is InChI=1S/C14H22F3NO2Si/c1-5-19-13(14(15,16)17,20-21(2,3)4)9-6-12-7-10-18-11-8-12/h7-8,10-11H,5-6,9H2,1-4H3. The molecule has 1 heterocycles. The largest absolute Gasteiger partial charge is 0.442 e. The smallest absolute Gasteiger partial charge is 0.384 e. The van der Waals surface area contributed by atoms with Crippen molar-refractivity contribution in [1.29, 1.82) is 0 Å². The zero-order valence-electron chi connectivity index (χ0n) is 12.8. The summed E-state index contributed by atoms with van der Waals surface area (Å²) in [6.45, 7) is 6.65. The van der Waals surface area contributed by atoms with Crippen molar-refractivity contribution in [3.05, 3.63) is 30.1 Å². The fraction of sp³-hybridized carbons (Fsp3) is 0.643. The van der Waals surface area contributed by atoms with E-state index < -0.39 is 20.3 Å². The van der Waals surface area contributed by atoms with Gasteiger partial charge >= 0.3 is 6.18 Å². The van der Waals surface area contributed by atoms with Crippen molar-refractivity contribution >= 4 is 8.32 Å². The lowest BCUT2D eigenvalue weighted by atomic mass is 10.1.